The number of aliphatic hydroxyl groups is 3. The van der Waals surface area contributed by atoms with Crippen molar-refractivity contribution in [2.75, 3.05) is 13.7 Å². The van der Waals surface area contributed by atoms with Gasteiger partial charge < -0.3 is 34.6 Å². The van der Waals surface area contributed by atoms with Gasteiger partial charge in [0.15, 0.2) is 6.29 Å². The van der Waals surface area contributed by atoms with Crippen LogP contribution in [0.1, 0.15) is 19.4 Å². The van der Waals surface area contributed by atoms with Crippen LogP contribution in [0.25, 0.3) is 0 Å². The van der Waals surface area contributed by atoms with E-state index < -0.39 is 62.9 Å². The van der Waals surface area contributed by atoms with Crippen molar-refractivity contribution in [1.82, 2.24) is 10.4 Å². The zero-order valence-corrected chi connectivity index (χ0v) is 18.8. The van der Waals surface area contributed by atoms with Crippen molar-refractivity contribution in [3.63, 3.8) is 0 Å². The molecule has 1 aromatic carbocycles. The number of esters is 1. The van der Waals surface area contributed by atoms with Crippen LogP contribution in [0.5, 0.6) is 0 Å². The van der Waals surface area contributed by atoms with E-state index in [-0.39, 0.29) is 6.61 Å². The van der Waals surface area contributed by atoms with E-state index in [9.17, 15) is 29.5 Å². The highest BCUT2D eigenvalue weighted by Gasteiger charge is 2.49. The summed E-state index contributed by atoms with van der Waals surface area (Å²) in [4.78, 5) is 23.7. The number of aliphatic hydroxyl groups excluding tert-OH is 3. The molecule has 0 saturated carbocycles. The number of nitrogens with one attached hydrogen (secondary N) is 2. The summed E-state index contributed by atoms with van der Waals surface area (Å²) in [7, 11) is -3.18. The molecular formula is C19H29N2O10P. The van der Waals surface area contributed by atoms with Crippen LogP contribution in [0.3, 0.4) is 0 Å². The van der Waals surface area contributed by atoms with Crippen molar-refractivity contribution in [2.24, 2.45) is 0 Å². The molecule has 2 unspecified atom stereocenters. The van der Waals surface area contributed by atoms with Gasteiger partial charge in [0, 0.05) is 14.0 Å². The Morgan fingerprint density at radius 1 is 1.25 bits per heavy atom. The molecule has 1 fully saturated rings. The standard InChI is InChI=1S/C19H29N2O10P/c1-11(18(25)29-10-13-7-5-4-6-8-13)21-32(27,28-3)31-17-14(9-22)30-19(26)15(16(17)24)20-12(2)23/h4-8,11,14-17,19,22,24,26H,9-10H2,1-3H3,(H,20,23)(H,21,27)/t11?,14-,15-,16-,17-,19+,32?/m1/s1. The predicted molar refractivity (Wildman–Crippen MR) is 110 cm³/mol. The molecule has 1 heterocycles. The predicted octanol–water partition coefficient (Wildman–Crippen LogP) is -0.577. The van der Waals surface area contributed by atoms with Crippen LogP contribution in [0.2, 0.25) is 0 Å². The zero-order chi connectivity index (χ0) is 23.9. The Morgan fingerprint density at radius 3 is 2.47 bits per heavy atom. The lowest BCUT2D eigenvalue weighted by molar-refractivity contribution is -0.249. The number of rotatable bonds is 10. The van der Waals surface area contributed by atoms with Gasteiger partial charge in [-0.15, -0.1) is 0 Å². The third kappa shape index (κ3) is 7.06. The van der Waals surface area contributed by atoms with Gasteiger partial charge in [-0.1, -0.05) is 30.3 Å². The Hall–Kier alpha value is -1.89. The van der Waals surface area contributed by atoms with Gasteiger partial charge in [-0.2, -0.15) is 0 Å². The minimum Gasteiger partial charge on any atom is -0.460 e. The highest BCUT2D eigenvalue weighted by Crippen LogP contribution is 2.47. The molecular weight excluding hydrogens is 447 g/mol. The Morgan fingerprint density at radius 2 is 1.91 bits per heavy atom. The second-order valence-electron chi connectivity index (χ2n) is 7.16. The Bertz CT molecular complexity index is 811. The molecule has 12 nitrogen and oxygen atoms in total. The van der Waals surface area contributed by atoms with E-state index in [0.29, 0.717) is 0 Å². The maximum atomic E-state index is 13.1. The molecule has 32 heavy (non-hydrogen) atoms. The second-order valence-corrected chi connectivity index (χ2v) is 8.99. The van der Waals surface area contributed by atoms with Crippen LogP contribution in [0.15, 0.2) is 30.3 Å². The molecule has 0 bridgehead atoms. The normalized spacial score (nSPS) is 28.4. The van der Waals surface area contributed by atoms with Crippen molar-refractivity contribution < 1.29 is 48.0 Å². The van der Waals surface area contributed by atoms with Gasteiger partial charge in [-0.05, 0) is 12.5 Å². The van der Waals surface area contributed by atoms with Crippen molar-refractivity contribution in [1.29, 1.82) is 0 Å². The molecule has 1 aliphatic heterocycles. The number of hydrogen-bond acceptors (Lipinski definition) is 10. The van der Waals surface area contributed by atoms with E-state index in [1.54, 1.807) is 24.3 Å². The fourth-order valence-corrected chi connectivity index (χ4v) is 4.45. The topological polar surface area (TPSA) is 173 Å². The van der Waals surface area contributed by atoms with Gasteiger partial charge >= 0.3 is 13.7 Å². The van der Waals surface area contributed by atoms with E-state index in [4.69, 9.17) is 18.5 Å². The number of amides is 1. The van der Waals surface area contributed by atoms with Gasteiger partial charge in [-0.25, -0.2) is 9.65 Å². The molecule has 2 rings (SSSR count). The van der Waals surface area contributed by atoms with Gasteiger partial charge in [-0.3, -0.25) is 14.1 Å². The van der Waals surface area contributed by atoms with Gasteiger partial charge in [0.05, 0.1) is 6.61 Å². The second kappa shape index (κ2) is 11.8. The summed E-state index contributed by atoms with van der Waals surface area (Å²) in [6.45, 7) is 1.84. The average molecular weight is 476 g/mol. The third-order valence-electron chi connectivity index (χ3n) is 4.67. The summed E-state index contributed by atoms with van der Waals surface area (Å²) in [5, 5.41) is 34.8. The summed E-state index contributed by atoms with van der Waals surface area (Å²) in [6, 6.07) is 6.49. The Balaban J connectivity index is 2.06. The van der Waals surface area contributed by atoms with E-state index in [0.717, 1.165) is 19.6 Å². The summed E-state index contributed by atoms with van der Waals surface area (Å²) in [6.07, 6.45) is -6.04. The molecule has 0 aromatic heterocycles. The maximum absolute atomic E-state index is 13.1. The number of hydrogen-bond donors (Lipinski definition) is 5. The lowest BCUT2D eigenvalue weighted by Crippen LogP contribution is -2.64. The number of ether oxygens (including phenoxy) is 2. The third-order valence-corrected chi connectivity index (χ3v) is 6.38. The van der Waals surface area contributed by atoms with E-state index in [2.05, 4.69) is 10.4 Å². The molecule has 180 valence electrons. The SMILES string of the molecule is COP(=O)(NC(C)C(=O)OCc1ccccc1)O[C@H]1[C@H](O)[C@@H](NC(C)=O)[C@@H](O)O[C@@H]1CO. The molecule has 0 spiro atoms. The summed E-state index contributed by atoms with van der Waals surface area (Å²) in [5.74, 6) is -1.30. The van der Waals surface area contributed by atoms with Crippen molar-refractivity contribution >= 4 is 19.6 Å². The van der Waals surface area contributed by atoms with E-state index in [1.165, 1.54) is 6.92 Å². The van der Waals surface area contributed by atoms with Crippen LogP contribution >= 0.6 is 7.75 Å². The molecule has 0 radical (unpaired) electrons. The van der Waals surface area contributed by atoms with Crippen molar-refractivity contribution in [2.45, 2.75) is 57.1 Å². The smallest absolute Gasteiger partial charge is 0.406 e. The summed E-state index contributed by atoms with van der Waals surface area (Å²) in [5.41, 5.74) is 0.759. The largest absolute Gasteiger partial charge is 0.460 e. The lowest BCUT2D eigenvalue weighted by atomic mass is 9.97. The highest BCUT2D eigenvalue weighted by molar-refractivity contribution is 7.51. The average Bonchev–Trinajstić information content (AvgIpc) is 2.77. The van der Waals surface area contributed by atoms with Gasteiger partial charge in [0.2, 0.25) is 5.91 Å². The van der Waals surface area contributed by atoms with E-state index in [1.807, 2.05) is 6.07 Å². The summed E-state index contributed by atoms with van der Waals surface area (Å²) >= 11 is 0. The van der Waals surface area contributed by atoms with Crippen LogP contribution in [0.4, 0.5) is 0 Å². The molecule has 0 aliphatic carbocycles. The van der Waals surface area contributed by atoms with Gasteiger partial charge in [0.25, 0.3) is 0 Å². The minimum absolute atomic E-state index is 0.00187. The minimum atomic E-state index is -4.24. The maximum Gasteiger partial charge on any atom is 0.406 e. The van der Waals surface area contributed by atoms with Crippen LogP contribution in [-0.4, -0.2) is 77.6 Å². The lowest BCUT2D eigenvalue weighted by Gasteiger charge is -2.42. The van der Waals surface area contributed by atoms with Crippen molar-refractivity contribution in [3.8, 4) is 0 Å². The van der Waals surface area contributed by atoms with Gasteiger partial charge in [0.1, 0.15) is 37.0 Å². The van der Waals surface area contributed by atoms with Crippen LogP contribution in [0, 0.1) is 0 Å². The van der Waals surface area contributed by atoms with E-state index >= 15 is 0 Å². The first-order chi connectivity index (χ1) is 15.1. The first-order valence-corrected chi connectivity index (χ1v) is 11.4. The molecule has 7 atom stereocenters. The molecule has 1 aromatic rings. The van der Waals surface area contributed by atoms with Crippen LogP contribution in [-0.2, 0) is 39.3 Å². The molecule has 5 N–H and O–H groups in total. The summed E-state index contributed by atoms with van der Waals surface area (Å²) < 4.78 is 33.8. The monoisotopic (exact) mass is 476 g/mol. The molecule has 1 saturated heterocycles. The van der Waals surface area contributed by atoms with Crippen LogP contribution < -0.4 is 10.4 Å². The highest BCUT2D eigenvalue weighted by atomic mass is 31.2. The number of benzene rings is 1. The fraction of sp³-hybridized carbons (Fsp3) is 0.579. The zero-order valence-electron chi connectivity index (χ0n) is 17.9. The molecule has 13 heteroatoms. The quantitative estimate of drug-likeness (QED) is 0.216. The fourth-order valence-electron chi connectivity index (χ4n) is 3.03. The Labute approximate surface area is 185 Å². The Kier molecular flexibility index (Phi) is 9.74. The first-order valence-electron chi connectivity index (χ1n) is 9.82. The number of carbonyl (C=O) groups is 2. The van der Waals surface area contributed by atoms with Crippen molar-refractivity contribution in [3.05, 3.63) is 35.9 Å². The molecule has 1 amide bonds. The molecule has 1 aliphatic rings. The first kappa shape index (κ1) is 26.4. The number of carbonyl (C=O) groups excluding carboxylic acids is 2.